The first kappa shape index (κ1) is 22.6. The molecule has 3 rings (SSSR count). The van der Waals surface area contributed by atoms with Crippen LogP contribution in [0.5, 0.6) is 11.5 Å². The van der Waals surface area contributed by atoms with E-state index >= 15 is 0 Å². The summed E-state index contributed by atoms with van der Waals surface area (Å²) in [4.78, 5) is 24.0. The average molecular weight is 431 g/mol. The molecule has 7 heteroatoms. The van der Waals surface area contributed by atoms with E-state index in [1.807, 2.05) is 30.3 Å². The minimum absolute atomic E-state index is 0.0554. The Morgan fingerprint density at radius 2 is 1.59 bits per heavy atom. The van der Waals surface area contributed by atoms with Crippen molar-refractivity contribution < 1.29 is 19.1 Å². The molecule has 3 aromatic carbocycles. The normalized spacial score (nSPS) is 10.5. The number of hydrogen-bond acceptors (Lipinski definition) is 5. The van der Waals surface area contributed by atoms with Crippen LogP contribution in [-0.4, -0.2) is 38.3 Å². The molecule has 0 radical (unpaired) electrons. The van der Waals surface area contributed by atoms with Gasteiger partial charge < -0.3 is 14.8 Å². The van der Waals surface area contributed by atoms with Crippen LogP contribution in [0.25, 0.3) is 0 Å². The number of rotatable bonds is 10. The summed E-state index contributed by atoms with van der Waals surface area (Å²) in [5.41, 5.74) is 4.91. The highest BCUT2D eigenvalue weighted by atomic mass is 16.5. The predicted octanol–water partition coefficient (Wildman–Crippen LogP) is 3.20. The van der Waals surface area contributed by atoms with Crippen LogP contribution in [0.3, 0.4) is 0 Å². The van der Waals surface area contributed by atoms with Crippen molar-refractivity contribution in [3.8, 4) is 11.5 Å². The number of carbonyl (C=O) groups excluding carboxylic acids is 2. The first-order valence-electron chi connectivity index (χ1n) is 10.1. The van der Waals surface area contributed by atoms with E-state index in [1.165, 1.54) is 11.8 Å². The van der Waals surface area contributed by atoms with Crippen LogP contribution in [0, 0.1) is 0 Å². The highest BCUT2D eigenvalue weighted by Crippen LogP contribution is 2.12. The van der Waals surface area contributed by atoms with Crippen molar-refractivity contribution in [2.75, 3.05) is 20.3 Å². The molecule has 0 saturated heterocycles. The van der Waals surface area contributed by atoms with E-state index in [2.05, 4.69) is 15.8 Å². The summed E-state index contributed by atoms with van der Waals surface area (Å²) in [5, 5.41) is 6.80. The summed E-state index contributed by atoms with van der Waals surface area (Å²) in [5.74, 6) is 0.759. The Hall–Kier alpha value is -4.13. The molecule has 164 valence electrons. The molecule has 0 saturated carbocycles. The lowest BCUT2D eigenvalue weighted by Gasteiger charge is -2.08. The molecule has 0 aliphatic heterocycles. The summed E-state index contributed by atoms with van der Waals surface area (Å²) < 4.78 is 10.6. The molecule has 0 unspecified atom stereocenters. The molecule has 7 nitrogen and oxygen atoms in total. The average Bonchev–Trinajstić information content (AvgIpc) is 2.84. The van der Waals surface area contributed by atoms with E-state index in [1.54, 1.807) is 55.6 Å². The Morgan fingerprint density at radius 1 is 0.906 bits per heavy atom. The van der Waals surface area contributed by atoms with E-state index in [-0.39, 0.29) is 18.4 Å². The fourth-order valence-corrected chi connectivity index (χ4v) is 2.81. The fraction of sp³-hybridized carbons (Fsp3) is 0.160. The minimum Gasteiger partial charge on any atom is -0.497 e. The van der Waals surface area contributed by atoms with Gasteiger partial charge in [-0.15, -0.1) is 0 Å². The van der Waals surface area contributed by atoms with Crippen LogP contribution in [0.2, 0.25) is 0 Å². The van der Waals surface area contributed by atoms with Crippen LogP contribution in [0.1, 0.15) is 21.5 Å². The number of nitrogens with zero attached hydrogens (tertiary/aromatic N) is 1. The van der Waals surface area contributed by atoms with Crippen molar-refractivity contribution in [3.63, 3.8) is 0 Å². The number of benzene rings is 3. The third kappa shape index (κ3) is 7.28. The third-order valence-corrected chi connectivity index (χ3v) is 4.56. The van der Waals surface area contributed by atoms with Crippen LogP contribution in [-0.2, 0) is 11.2 Å². The highest BCUT2D eigenvalue weighted by Gasteiger charge is 2.04. The maximum atomic E-state index is 12.1. The first-order chi connectivity index (χ1) is 15.6. The number of nitrogens with one attached hydrogen (secondary N) is 2. The summed E-state index contributed by atoms with van der Waals surface area (Å²) in [6, 6.07) is 23.8. The molecule has 0 bridgehead atoms. The molecule has 0 spiro atoms. The van der Waals surface area contributed by atoms with Gasteiger partial charge in [0.05, 0.1) is 13.3 Å². The second-order valence-corrected chi connectivity index (χ2v) is 6.87. The van der Waals surface area contributed by atoms with Gasteiger partial charge in [0, 0.05) is 12.1 Å². The van der Waals surface area contributed by atoms with Crippen molar-refractivity contribution in [1.29, 1.82) is 0 Å². The van der Waals surface area contributed by atoms with Gasteiger partial charge in [-0.1, -0.05) is 30.3 Å². The Labute approximate surface area is 187 Å². The second kappa shape index (κ2) is 11.9. The molecular formula is C25H25N3O4. The van der Waals surface area contributed by atoms with Crippen LogP contribution >= 0.6 is 0 Å². The van der Waals surface area contributed by atoms with E-state index in [0.29, 0.717) is 23.6 Å². The van der Waals surface area contributed by atoms with Gasteiger partial charge in [-0.2, -0.15) is 5.10 Å². The van der Waals surface area contributed by atoms with E-state index < -0.39 is 0 Å². The molecular weight excluding hydrogens is 406 g/mol. The number of ether oxygens (including phenoxy) is 2. The molecule has 32 heavy (non-hydrogen) atoms. The van der Waals surface area contributed by atoms with Gasteiger partial charge in [-0.3, -0.25) is 9.59 Å². The summed E-state index contributed by atoms with van der Waals surface area (Å²) in [6.45, 7) is 0.504. The SMILES string of the molecule is COc1ccc(C(=O)N/N=C/c2ccc(OCC(=O)NCCc3ccccc3)cc2)cc1. The predicted molar refractivity (Wildman–Crippen MR) is 123 cm³/mol. The maximum absolute atomic E-state index is 12.1. The Balaban J connectivity index is 1.38. The largest absolute Gasteiger partial charge is 0.497 e. The lowest BCUT2D eigenvalue weighted by atomic mass is 10.1. The van der Waals surface area contributed by atoms with Gasteiger partial charge in [0.15, 0.2) is 6.61 Å². The van der Waals surface area contributed by atoms with E-state index in [4.69, 9.17) is 9.47 Å². The zero-order chi connectivity index (χ0) is 22.6. The minimum atomic E-state index is -0.317. The van der Waals surface area contributed by atoms with Crippen molar-refractivity contribution in [2.24, 2.45) is 5.10 Å². The van der Waals surface area contributed by atoms with Gasteiger partial charge in [0.25, 0.3) is 11.8 Å². The van der Waals surface area contributed by atoms with Gasteiger partial charge in [0.1, 0.15) is 11.5 Å². The number of amides is 2. The Kier molecular flexibility index (Phi) is 8.39. The number of carbonyl (C=O) groups is 2. The van der Waals surface area contributed by atoms with Crippen molar-refractivity contribution in [2.45, 2.75) is 6.42 Å². The van der Waals surface area contributed by atoms with Crippen LogP contribution < -0.4 is 20.2 Å². The number of hydrazone groups is 1. The van der Waals surface area contributed by atoms with E-state index in [0.717, 1.165) is 12.0 Å². The van der Waals surface area contributed by atoms with E-state index in [9.17, 15) is 9.59 Å². The molecule has 3 aromatic rings. The molecule has 0 aliphatic rings. The summed E-state index contributed by atoms with van der Waals surface area (Å²) in [7, 11) is 1.57. The third-order valence-electron chi connectivity index (χ3n) is 4.56. The van der Waals surface area contributed by atoms with Gasteiger partial charge in [0.2, 0.25) is 0 Å². The van der Waals surface area contributed by atoms with Crippen LogP contribution in [0.15, 0.2) is 84.0 Å². The molecule has 0 aromatic heterocycles. The zero-order valence-electron chi connectivity index (χ0n) is 17.8. The number of methoxy groups -OCH3 is 1. The lowest BCUT2D eigenvalue weighted by Crippen LogP contribution is -2.30. The highest BCUT2D eigenvalue weighted by molar-refractivity contribution is 5.95. The standard InChI is InChI=1S/C25H25N3O4/c1-31-22-13-9-21(10-14-22)25(30)28-27-17-20-7-11-23(12-8-20)32-18-24(29)26-16-15-19-5-3-2-4-6-19/h2-14,17H,15-16,18H2,1H3,(H,26,29)(H,28,30)/b27-17+. The van der Waals surface area contributed by atoms with Crippen molar-refractivity contribution in [1.82, 2.24) is 10.7 Å². The topological polar surface area (TPSA) is 89.0 Å². The summed E-state index contributed by atoms with van der Waals surface area (Å²) >= 11 is 0. The monoisotopic (exact) mass is 431 g/mol. The molecule has 0 aliphatic carbocycles. The number of hydrogen-bond donors (Lipinski definition) is 2. The zero-order valence-corrected chi connectivity index (χ0v) is 17.8. The quantitative estimate of drug-likeness (QED) is 0.381. The maximum Gasteiger partial charge on any atom is 0.271 e. The van der Waals surface area contributed by atoms with Crippen molar-refractivity contribution >= 4 is 18.0 Å². The molecule has 0 atom stereocenters. The van der Waals surface area contributed by atoms with Gasteiger partial charge in [-0.05, 0) is 66.1 Å². The first-order valence-corrected chi connectivity index (χ1v) is 10.1. The van der Waals surface area contributed by atoms with Gasteiger partial charge in [-0.25, -0.2) is 5.43 Å². The fourth-order valence-electron chi connectivity index (χ4n) is 2.81. The Morgan fingerprint density at radius 3 is 2.28 bits per heavy atom. The smallest absolute Gasteiger partial charge is 0.271 e. The van der Waals surface area contributed by atoms with Crippen molar-refractivity contribution in [3.05, 3.63) is 95.6 Å². The molecule has 2 N–H and O–H groups in total. The molecule has 2 amide bonds. The lowest BCUT2D eigenvalue weighted by molar-refractivity contribution is -0.123. The molecule has 0 fully saturated rings. The van der Waals surface area contributed by atoms with Gasteiger partial charge >= 0.3 is 0 Å². The second-order valence-electron chi connectivity index (χ2n) is 6.87. The van der Waals surface area contributed by atoms with Crippen LogP contribution in [0.4, 0.5) is 0 Å². The molecule has 0 heterocycles. The Bertz CT molecular complexity index is 1030. The summed E-state index contributed by atoms with van der Waals surface area (Å²) in [6.07, 6.45) is 2.30.